The molecule has 0 aromatic carbocycles. The zero-order valence-corrected chi connectivity index (χ0v) is 8.40. The smallest absolute Gasteiger partial charge is 0.358 e. The molecular weight excluding hydrogens is 220 g/mol. The summed E-state index contributed by atoms with van der Waals surface area (Å²) in [4.78, 5) is 21.0. The van der Waals surface area contributed by atoms with Gasteiger partial charge in [0, 0.05) is 24.7 Å². The van der Waals surface area contributed by atoms with Gasteiger partial charge in [-0.25, -0.2) is 4.79 Å². The molecule has 2 N–H and O–H groups in total. The minimum Gasteiger partial charge on any atom is -0.481 e. The van der Waals surface area contributed by atoms with Crippen molar-refractivity contribution in [1.29, 1.82) is 0 Å². The number of hydrogen-bond acceptors (Lipinski definition) is 4. The van der Waals surface area contributed by atoms with E-state index in [1.807, 2.05) is 0 Å². The van der Waals surface area contributed by atoms with Crippen molar-refractivity contribution in [3.05, 3.63) is 12.3 Å². The van der Waals surface area contributed by atoms with E-state index in [0.717, 1.165) is 0 Å². The number of carbonyl (C=O) groups is 2. The fraction of sp³-hybridized carbons (Fsp3) is 0.286. The number of urea groups is 1. The van der Waals surface area contributed by atoms with E-state index in [9.17, 15) is 9.59 Å². The molecule has 8 heteroatoms. The van der Waals surface area contributed by atoms with Crippen molar-refractivity contribution < 1.29 is 14.7 Å². The van der Waals surface area contributed by atoms with Crippen LogP contribution in [0.2, 0.25) is 0 Å². The molecule has 7 nitrogen and oxygen atoms in total. The Hall–Kier alpha value is -1.83. The molecule has 0 saturated carbocycles. The second-order valence-electron chi connectivity index (χ2n) is 2.63. The van der Waals surface area contributed by atoms with Crippen LogP contribution in [-0.2, 0) is 23.8 Å². The van der Waals surface area contributed by atoms with Crippen LogP contribution < -0.4 is 5.32 Å². The zero-order chi connectivity index (χ0) is 11.3. The largest absolute Gasteiger partial charge is 0.481 e. The normalized spacial score (nSPS) is 9.60. The number of aryl methyl sites for hydroxylation is 1. The van der Waals surface area contributed by atoms with Crippen LogP contribution in [0.15, 0.2) is 16.6 Å². The number of rotatable bonds is 4. The maximum absolute atomic E-state index is 10.7. The Morgan fingerprint density at radius 1 is 1.67 bits per heavy atom. The first-order valence-corrected chi connectivity index (χ1v) is 4.38. The molecule has 15 heavy (non-hydrogen) atoms. The fourth-order valence-electron chi connectivity index (χ4n) is 0.895. The van der Waals surface area contributed by atoms with Crippen LogP contribution in [0.3, 0.4) is 0 Å². The van der Waals surface area contributed by atoms with Crippen LogP contribution in [0, 0.1) is 0 Å². The first-order valence-electron chi connectivity index (χ1n) is 4.01. The van der Waals surface area contributed by atoms with Gasteiger partial charge in [-0.1, -0.05) is 0 Å². The van der Waals surface area contributed by atoms with Gasteiger partial charge in [0.1, 0.15) is 0 Å². The monoisotopic (exact) mass is 228 g/mol. The predicted octanol–water partition coefficient (Wildman–Crippen LogP) is 0.620. The second-order valence-corrected chi connectivity index (χ2v) is 2.81. The molecule has 0 atom stereocenters. The Morgan fingerprint density at radius 3 is 3.00 bits per heavy atom. The average Bonchev–Trinajstić information content (AvgIpc) is 2.62. The van der Waals surface area contributed by atoms with Gasteiger partial charge in [0.25, 0.3) is 0 Å². The summed E-state index contributed by atoms with van der Waals surface area (Å²) in [5.74, 6) is -0.615. The number of anilines is 1. The van der Waals surface area contributed by atoms with E-state index in [-0.39, 0.29) is 13.0 Å². The van der Waals surface area contributed by atoms with Gasteiger partial charge in [0.15, 0.2) is 5.82 Å². The highest BCUT2D eigenvalue weighted by Gasteiger charge is 2.03. The molecule has 0 aliphatic heterocycles. The van der Waals surface area contributed by atoms with Crippen LogP contribution in [0.4, 0.5) is 10.6 Å². The lowest BCUT2D eigenvalue weighted by molar-refractivity contribution is -0.137. The second kappa shape index (κ2) is 5.15. The highest BCUT2D eigenvalue weighted by Crippen LogP contribution is 2.03. The van der Waals surface area contributed by atoms with Gasteiger partial charge >= 0.3 is 12.0 Å². The number of aliphatic carboxylic acids is 1. The summed E-state index contributed by atoms with van der Waals surface area (Å²) in [7, 11) is 0. The summed E-state index contributed by atoms with van der Waals surface area (Å²) in [5, 5.41) is 14.6. The number of aromatic nitrogens is 2. The minimum absolute atomic E-state index is 0.0273. The number of carbonyl (C=O) groups excluding carboxylic acids is 1. The Labute approximate surface area is 90.3 Å². The standard InChI is InChI=1S/C7H8N4O3S/c12-6(13)2-4-11-3-1-5(9-11)8-7(14)10-15/h1,3H,2,4H2,(H,12,13)(H,8,9,14). The topological polar surface area (TPSA) is 96.6 Å². The summed E-state index contributed by atoms with van der Waals surface area (Å²) >= 11 is 4.17. The van der Waals surface area contributed by atoms with Gasteiger partial charge in [0.05, 0.1) is 13.0 Å². The lowest BCUT2D eigenvalue weighted by Crippen LogP contribution is -2.08. The quantitative estimate of drug-likeness (QED) is 0.787. The molecule has 1 heterocycles. The molecule has 0 aliphatic carbocycles. The third kappa shape index (κ3) is 3.81. The molecular formula is C7H8N4O3S. The third-order valence-electron chi connectivity index (χ3n) is 1.51. The van der Waals surface area contributed by atoms with Crippen molar-refractivity contribution in [1.82, 2.24) is 9.78 Å². The maximum Gasteiger partial charge on any atom is 0.358 e. The Balaban J connectivity index is 2.52. The molecule has 0 unspecified atom stereocenters. The Kier molecular flexibility index (Phi) is 3.86. The first-order chi connectivity index (χ1) is 7.11. The van der Waals surface area contributed by atoms with Gasteiger partial charge in [0.2, 0.25) is 0 Å². The number of carboxylic acid groups (broad SMARTS) is 1. The number of amides is 2. The van der Waals surface area contributed by atoms with E-state index in [4.69, 9.17) is 5.11 Å². The van der Waals surface area contributed by atoms with Crippen molar-refractivity contribution in [2.75, 3.05) is 5.32 Å². The van der Waals surface area contributed by atoms with Crippen LogP contribution in [0.5, 0.6) is 0 Å². The number of carboxylic acids is 1. The summed E-state index contributed by atoms with van der Waals surface area (Å²) in [5.41, 5.74) is 0. The number of nitrogens with zero attached hydrogens (tertiary/aromatic N) is 3. The molecule has 0 saturated heterocycles. The summed E-state index contributed by atoms with van der Waals surface area (Å²) in [6.07, 6.45) is 1.53. The molecule has 0 radical (unpaired) electrons. The molecule has 0 fully saturated rings. The molecule has 0 bridgehead atoms. The van der Waals surface area contributed by atoms with Gasteiger partial charge < -0.3 is 5.11 Å². The highest BCUT2D eigenvalue weighted by molar-refractivity contribution is 7.47. The Morgan fingerprint density at radius 2 is 2.40 bits per heavy atom. The molecule has 2 amide bonds. The van der Waals surface area contributed by atoms with E-state index in [1.54, 1.807) is 6.20 Å². The first kappa shape index (κ1) is 11.2. The van der Waals surface area contributed by atoms with E-state index >= 15 is 0 Å². The van der Waals surface area contributed by atoms with E-state index in [0.29, 0.717) is 5.82 Å². The van der Waals surface area contributed by atoms with Crippen molar-refractivity contribution in [3.8, 4) is 0 Å². The SMILES string of the molecule is O=C(O)CCn1ccc(NC(=O)N=S)n1. The predicted molar refractivity (Wildman–Crippen MR) is 53.3 cm³/mol. The number of nitrogens with one attached hydrogen (secondary N) is 1. The Bertz CT molecular complexity index is 389. The summed E-state index contributed by atoms with van der Waals surface area (Å²) < 4.78 is 4.37. The lowest BCUT2D eigenvalue weighted by atomic mass is 10.4. The average molecular weight is 228 g/mol. The minimum atomic E-state index is -0.906. The summed E-state index contributed by atoms with van der Waals surface area (Å²) in [6.45, 7) is 0.246. The zero-order valence-electron chi connectivity index (χ0n) is 7.58. The van der Waals surface area contributed by atoms with Crippen molar-refractivity contribution in [3.63, 3.8) is 0 Å². The molecule has 0 spiro atoms. The number of hydrogen-bond donors (Lipinski definition) is 2. The van der Waals surface area contributed by atoms with E-state index in [1.165, 1.54) is 10.7 Å². The third-order valence-corrected chi connectivity index (χ3v) is 1.68. The molecule has 0 aliphatic rings. The van der Waals surface area contributed by atoms with Crippen molar-refractivity contribution >= 4 is 30.2 Å². The van der Waals surface area contributed by atoms with Crippen LogP contribution in [-0.4, -0.2) is 26.9 Å². The van der Waals surface area contributed by atoms with Gasteiger partial charge in [-0.3, -0.25) is 14.8 Å². The van der Waals surface area contributed by atoms with Crippen LogP contribution >= 0.6 is 0 Å². The van der Waals surface area contributed by atoms with Crippen molar-refractivity contribution in [2.24, 2.45) is 4.36 Å². The summed E-state index contributed by atoms with van der Waals surface area (Å²) in [6, 6.07) is 0.855. The molecule has 1 rings (SSSR count). The maximum atomic E-state index is 10.7. The van der Waals surface area contributed by atoms with Crippen LogP contribution in [0.1, 0.15) is 6.42 Å². The van der Waals surface area contributed by atoms with Gasteiger partial charge in [-0.2, -0.15) is 5.10 Å². The molecule has 1 aromatic rings. The molecule has 1 aromatic heterocycles. The molecule has 80 valence electrons. The van der Waals surface area contributed by atoms with Gasteiger partial charge in [-0.05, 0) is 0 Å². The van der Waals surface area contributed by atoms with Gasteiger partial charge in [-0.15, -0.1) is 4.36 Å². The van der Waals surface area contributed by atoms with Crippen molar-refractivity contribution in [2.45, 2.75) is 13.0 Å². The lowest BCUT2D eigenvalue weighted by Gasteiger charge is -1.97. The fourth-order valence-corrected chi connectivity index (χ4v) is 0.941. The van der Waals surface area contributed by atoms with E-state index in [2.05, 4.69) is 27.2 Å². The van der Waals surface area contributed by atoms with E-state index < -0.39 is 12.0 Å². The van der Waals surface area contributed by atoms with Crippen LogP contribution in [0.25, 0.3) is 0 Å². The highest BCUT2D eigenvalue weighted by atomic mass is 32.1.